The van der Waals surface area contributed by atoms with Crippen LogP contribution in [0.5, 0.6) is 5.75 Å². The average molecular weight is 280 g/mol. The van der Waals surface area contributed by atoms with Crippen molar-refractivity contribution in [1.82, 2.24) is 9.97 Å². The molecule has 0 spiro atoms. The van der Waals surface area contributed by atoms with Crippen molar-refractivity contribution in [3.8, 4) is 5.75 Å². The maximum absolute atomic E-state index is 5.54. The molecule has 16 heavy (non-hydrogen) atoms. The highest BCUT2D eigenvalue weighted by Gasteiger charge is 1.98. The first-order chi connectivity index (χ1) is 7.74. The fraction of sp³-hybridized carbons (Fsp3) is 0.0909. The van der Waals surface area contributed by atoms with Gasteiger partial charge in [-0.25, -0.2) is 4.98 Å². The summed E-state index contributed by atoms with van der Waals surface area (Å²) in [6.45, 7) is 0.379. The van der Waals surface area contributed by atoms with E-state index in [-0.39, 0.29) is 0 Å². The lowest BCUT2D eigenvalue weighted by Crippen LogP contribution is -2.00. The molecule has 0 aliphatic carbocycles. The number of aromatic nitrogens is 2. The van der Waals surface area contributed by atoms with Crippen molar-refractivity contribution in [2.45, 2.75) is 6.61 Å². The van der Waals surface area contributed by atoms with E-state index < -0.39 is 0 Å². The van der Waals surface area contributed by atoms with E-state index in [2.05, 4.69) is 25.9 Å². The first-order valence-corrected chi connectivity index (χ1v) is 5.48. The molecule has 1 aromatic carbocycles. The molecule has 0 unspecified atom stereocenters. The summed E-state index contributed by atoms with van der Waals surface area (Å²) in [6, 6.07) is 7.63. The van der Waals surface area contributed by atoms with Crippen LogP contribution in [0.1, 0.15) is 5.69 Å². The zero-order chi connectivity index (χ0) is 11.4. The third-order valence-electron chi connectivity index (χ3n) is 1.91. The van der Waals surface area contributed by atoms with Crippen LogP contribution in [0.2, 0.25) is 0 Å². The highest BCUT2D eigenvalue weighted by Crippen LogP contribution is 2.18. The zero-order valence-corrected chi connectivity index (χ0v) is 10.0. The molecule has 0 fully saturated rings. The zero-order valence-electron chi connectivity index (χ0n) is 8.43. The van der Waals surface area contributed by atoms with Crippen molar-refractivity contribution >= 4 is 21.7 Å². The van der Waals surface area contributed by atoms with Crippen LogP contribution in [0, 0.1) is 0 Å². The van der Waals surface area contributed by atoms with E-state index in [1.165, 1.54) is 6.20 Å². The lowest BCUT2D eigenvalue weighted by molar-refractivity contribution is 0.300. The number of benzene rings is 1. The number of rotatable bonds is 3. The number of anilines is 1. The highest BCUT2D eigenvalue weighted by atomic mass is 79.9. The van der Waals surface area contributed by atoms with E-state index in [1.54, 1.807) is 6.20 Å². The Morgan fingerprint density at radius 2 is 2.12 bits per heavy atom. The number of halogens is 1. The fourth-order valence-electron chi connectivity index (χ4n) is 1.15. The van der Waals surface area contributed by atoms with Gasteiger partial charge in [-0.1, -0.05) is 22.0 Å². The van der Waals surface area contributed by atoms with Gasteiger partial charge in [0, 0.05) is 4.47 Å². The SMILES string of the molecule is Nc1cnc(COc2cccc(Br)c2)cn1. The van der Waals surface area contributed by atoms with E-state index >= 15 is 0 Å². The van der Waals surface area contributed by atoms with Gasteiger partial charge < -0.3 is 10.5 Å². The smallest absolute Gasteiger partial charge is 0.141 e. The van der Waals surface area contributed by atoms with Crippen molar-refractivity contribution in [3.05, 3.63) is 46.8 Å². The van der Waals surface area contributed by atoms with Gasteiger partial charge in [0.1, 0.15) is 18.2 Å². The Balaban J connectivity index is 1.99. The van der Waals surface area contributed by atoms with Crippen molar-refractivity contribution < 1.29 is 4.74 Å². The Kier molecular flexibility index (Phi) is 3.36. The molecule has 0 aliphatic heterocycles. The summed E-state index contributed by atoms with van der Waals surface area (Å²) in [5, 5.41) is 0. The summed E-state index contributed by atoms with van der Waals surface area (Å²) in [5.41, 5.74) is 6.18. The van der Waals surface area contributed by atoms with Crippen molar-refractivity contribution in [2.75, 3.05) is 5.73 Å². The minimum absolute atomic E-state index is 0.379. The van der Waals surface area contributed by atoms with Gasteiger partial charge in [-0.15, -0.1) is 0 Å². The van der Waals surface area contributed by atoms with Crippen LogP contribution in [0.25, 0.3) is 0 Å². The lowest BCUT2D eigenvalue weighted by Gasteiger charge is -2.05. The third kappa shape index (κ3) is 2.93. The van der Waals surface area contributed by atoms with Crippen LogP contribution < -0.4 is 10.5 Å². The van der Waals surface area contributed by atoms with Gasteiger partial charge >= 0.3 is 0 Å². The van der Waals surface area contributed by atoms with Gasteiger partial charge in [0.2, 0.25) is 0 Å². The van der Waals surface area contributed by atoms with Gasteiger partial charge in [-0.2, -0.15) is 0 Å². The molecule has 2 N–H and O–H groups in total. The average Bonchev–Trinajstić information content (AvgIpc) is 2.28. The number of hydrogen-bond acceptors (Lipinski definition) is 4. The van der Waals surface area contributed by atoms with E-state index in [0.29, 0.717) is 12.4 Å². The molecule has 82 valence electrons. The predicted octanol–water partition coefficient (Wildman–Crippen LogP) is 2.40. The summed E-state index contributed by atoms with van der Waals surface area (Å²) >= 11 is 3.37. The van der Waals surface area contributed by atoms with Crippen LogP contribution in [0.4, 0.5) is 5.82 Å². The Labute approximate surface area is 102 Å². The standard InChI is InChI=1S/C11H10BrN3O/c12-8-2-1-3-10(4-8)16-7-9-5-15-11(13)6-14-9/h1-6H,7H2,(H2,13,15). The molecule has 0 saturated carbocycles. The summed E-state index contributed by atoms with van der Waals surface area (Å²) in [4.78, 5) is 8.03. The lowest BCUT2D eigenvalue weighted by atomic mass is 10.3. The van der Waals surface area contributed by atoms with Crippen molar-refractivity contribution in [1.29, 1.82) is 0 Å². The van der Waals surface area contributed by atoms with Crippen molar-refractivity contribution in [3.63, 3.8) is 0 Å². The number of nitrogens with zero attached hydrogens (tertiary/aromatic N) is 2. The molecule has 1 heterocycles. The molecule has 5 heteroatoms. The topological polar surface area (TPSA) is 61.0 Å². The molecule has 2 rings (SSSR count). The number of hydrogen-bond donors (Lipinski definition) is 1. The number of ether oxygens (including phenoxy) is 1. The Hall–Kier alpha value is -1.62. The Bertz CT molecular complexity index is 473. The quantitative estimate of drug-likeness (QED) is 0.937. The molecule has 2 aromatic rings. The molecule has 0 bridgehead atoms. The first-order valence-electron chi connectivity index (χ1n) is 4.69. The largest absolute Gasteiger partial charge is 0.487 e. The summed E-state index contributed by atoms with van der Waals surface area (Å²) in [5.74, 6) is 1.19. The molecule has 1 aromatic heterocycles. The Morgan fingerprint density at radius 3 is 2.81 bits per heavy atom. The van der Waals surface area contributed by atoms with Crippen molar-refractivity contribution in [2.24, 2.45) is 0 Å². The van der Waals surface area contributed by atoms with Crippen LogP contribution in [0.3, 0.4) is 0 Å². The monoisotopic (exact) mass is 279 g/mol. The van der Waals surface area contributed by atoms with E-state index in [4.69, 9.17) is 10.5 Å². The van der Waals surface area contributed by atoms with Crippen LogP contribution in [0.15, 0.2) is 41.1 Å². The van der Waals surface area contributed by atoms with Gasteiger partial charge in [-0.05, 0) is 18.2 Å². The van der Waals surface area contributed by atoms with Crippen LogP contribution >= 0.6 is 15.9 Å². The van der Waals surface area contributed by atoms with E-state index in [9.17, 15) is 0 Å². The molecular formula is C11H10BrN3O. The molecule has 4 nitrogen and oxygen atoms in total. The first kappa shape index (κ1) is 10.9. The summed E-state index contributed by atoms with van der Waals surface area (Å²) in [7, 11) is 0. The fourth-order valence-corrected chi connectivity index (χ4v) is 1.53. The second kappa shape index (κ2) is 4.94. The Morgan fingerprint density at radius 1 is 1.25 bits per heavy atom. The van der Waals surface area contributed by atoms with Crippen LogP contribution in [-0.2, 0) is 6.61 Å². The predicted molar refractivity (Wildman–Crippen MR) is 64.9 cm³/mol. The normalized spacial score (nSPS) is 10.1. The van der Waals surface area contributed by atoms with Crippen LogP contribution in [-0.4, -0.2) is 9.97 Å². The molecule has 0 radical (unpaired) electrons. The van der Waals surface area contributed by atoms with Gasteiger partial charge in [0.15, 0.2) is 0 Å². The van der Waals surface area contributed by atoms with Gasteiger partial charge in [-0.3, -0.25) is 4.98 Å². The molecule has 0 amide bonds. The second-order valence-electron chi connectivity index (χ2n) is 3.18. The maximum atomic E-state index is 5.54. The molecule has 0 atom stereocenters. The summed E-state index contributed by atoms with van der Waals surface area (Å²) in [6.07, 6.45) is 3.12. The highest BCUT2D eigenvalue weighted by molar-refractivity contribution is 9.10. The van der Waals surface area contributed by atoms with E-state index in [1.807, 2.05) is 24.3 Å². The minimum atomic E-state index is 0.379. The molecular weight excluding hydrogens is 270 g/mol. The van der Waals surface area contributed by atoms with Gasteiger partial charge in [0.25, 0.3) is 0 Å². The second-order valence-corrected chi connectivity index (χ2v) is 4.09. The minimum Gasteiger partial charge on any atom is -0.487 e. The van der Waals surface area contributed by atoms with E-state index in [0.717, 1.165) is 15.9 Å². The van der Waals surface area contributed by atoms with Gasteiger partial charge in [0.05, 0.1) is 18.1 Å². The molecule has 0 saturated heterocycles. The maximum Gasteiger partial charge on any atom is 0.141 e. The summed E-state index contributed by atoms with van der Waals surface area (Å²) < 4.78 is 6.52. The third-order valence-corrected chi connectivity index (χ3v) is 2.40. The number of nitrogens with two attached hydrogens (primary N) is 1. The number of nitrogen functional groups attached to an aromatic ring is 1. The molecule has 0 aliphatic rings.